The number of benzene rings is 1. The number of amides is 1. The monoisotopic (exact) mass is 330 g/mol. The molecule has 0 aromatic heterocycles. The number of likely N-dealkylation sites (tertiary alicyclic amines) is 1. The molecule has 1 fully saturated rings. The predicted molar refractivity (Wildman–Crippen MR) is 89.3 cm³/mol. The second-order valence-corrected chi connectivity index (χ2v) is 6.11. The normalized spacial score (nSPS) is 21.4. The average Bonchev–Trinajstić information content (AvgIpc) is 2.61. The van der Waals surface area contributed by atoms with Crippen LogP contribution in [0.2, 0.25) is 0 Å². The Morgan fingerprint density at radius 1 is 1.50 bits per heavy atom. The SMILES string of the molecule is CCOC(=O)[C@@H]1CCC[NH+]([C@@H](C)C(=O)Nc2cccc(C#N)c2)C1. The zero-order chi connectivity index (χ0) is 17.5. The molecule has 1 aliphatic heterocycles. The summed E-state index contributed by atoms with van der Waals surface area (Å²) < 4.78 is 5.11. The molecule has 2 N–H and O–H groups in total. The van der Waals surface area contributed by atoms with Gasteiger partial charge in [0.15, 0.2) is 6.04 Å². The van der Waals surface area contributed by atoms with Crippen LogP contribution < -0.4 is 10.2 Å². The summed E-state index contributed by atoms with van der Waals surface area (Å²) in [7, 11) is 0. The summed E-state index contributed by atoms with van der Waals surface area (Å²) in [6, 6.07) is 8.63. The van der Waals surface area contributed by atoms with Gasteiger partial charge in [-0.15, -0.1) is 0 Å². The van der Waals surface area contributed by atoms with Crippen LogP contribution in [0, 0.1) is 17.2 Å². The Labute approximate surface area is 142 Å². The van der Waals surface area contributed by atoms with E-state index in [0.717, 1.165) is 24.3 Å². The van der Waals surface area contributed by atoms with E-state index in [1.165, 1.54) is 0 Å². The van der Waals surface area contributed by atoms with Gasteiger partial charge in [0, 0.05) is 5.69 Å². The van der Waals surface area contributed by atoms with Crippen LogP contribution in [0.5, 0.6) is 0 Å². The van der Waals surface area contributed by atoms with Crippen LogP contribution in [0.15, 0.2) is 24.3 Å². The second kappa shape index (κ2) is 8.46. The van der Waals surface area contributed by atoms with E-state index in [9.17, 15) is 9.59 Å². The van der Waals surface area contributed by atoms with Gasteiger partial charge in [0.2, 0.25) is 0 Å². The summed E-state index contributed by atoms with van der Waals surface area (Å²) in [4.78, 5) is 25.5. The Kier molecular flexibility index (Phi) is 6.33. The lowest BCUT2D eigenvalue weighted by Crippen LogP contribution is -3.18. The molecule has 6 heteroatoms. The summed E-state index contributed by atoms with van der Waals surface area (Å²) in [5.41, 5.74) is 1.12. The lowest BCUT2D eigenvalue weighted by molar-refractivity contribution is -0.921. The number of rotatable bonds is 5. The van der Waals surface area contributed by atoms with E-state index < -0.39 is 0 Å². The van der Waals surface area contributed by atoms with E-state index in [1.807, 2.05) is 6.92 Å². The highest BCUT2D eigenvalue weighted by molar-refractivity contribution is 5.93. The summed E-state index contributed by atoms with van der Waals surface area (Å²) in [5, 5.41) is 11.8. The van der Waals surface area contributed by atoms with Crippen molar-refractivity contribution in [1.82, 2.24) is 0 Å². The molecule has 0 saturated carbocycles. The van der Waals surface area contributed by atoms with Gasteiger partial charge in [-0.2, -0.15) is 5.26 Å². The number of carbonyl (C=O) groups excluding carboxylic acids is 2. The molecular weight excluding hydrogens is 306 g/mol. The number of hydrogen-bond acceptors (Lipinski definition) is 4. The largest absolute Gasteiger partial charge is 0.466 e. The number of anilines is 1. The third-order valence-electron chi connectivity index (χ3n) is 4.44. The first-order valence-corrected chi connectivity index (χ1v) is 8.37. The van der Waals surface area contributed by atoms with Crippen molar-refractivity contribution in [1.29, 1.82) is 5.26 Å². The summed E-state index contributed by atoms with van der Waals surface area (Å²) in [6.45, 7) is 5.54. The van der Waals surface area contributed by atoms with Gasteiger partial charge in [0.05, 0.1) is 31.3 Å². The molecule has 3 atom stereocenters. The number of quaternary nitrogens is 1. The predicted octanol–water partition coefficient (Wildman–Crippen LogP) is 0.743. The topological polar surface area (TPSA) is 83.6 Å². The number of ether oxygens (including phenoxy) is 1. The quantitative estimate of drug-likeness (QED) is 0.780. The van der Waals surface area contributed by atoms with Crippen molar-refractivity contribution in [2.75, 3.05) is 25.0 Å². The lowest BCUT2D eigenvalue weighted by Gasteiger charge is -2.32. The Bertz CT molecular complexity index is 639. The Morgan fingerprint density at radius 3 is 3.00 bits per heavy atom. The molecule has 6 nitrogen and oxygen atoms in total. The van der Waals surface area contributed by atoms with Gasteiger partial charge >= 0.3 is 5.97 Å². The van der Waals surface area contributed by atoms with Gasteiger partial charge < -0.3 is 15.0 Å². The van der Waals surface area contributed by atoms with Crippen LogP contribution >= 0.6 is 0 Å². The van der Waals surface area contributed by atoms with E-state index in [-0.39, 0.29) is 23.8 Å². The maximum atomic E-state index is 12.5. The number of carbonyl (C=O) groups is 2. The van der Waals surface area contributed by atoms with Crippen molar-refractivity contribution in [2.24, 2.45) is 5.92 Å². The molecule has 1 saturated heterocycles. The molecule has 128 valence electrons. The van der Waals surface area contributed by atoms with E-state index in [1.54, 1.807) is 31.2 Å². The molecule has 1 aromatic rings. The lowest BCUT2D eigenvalue weighted by atomic mass is 9.97. The summed E-state index contributed by atoms with van der Waals surface area (Å²) >= 11 is 0. The third-order valence-corrected chi connectivity index (χ3v) is 4.44. The molecule has 0 radical (unpaired) electrons. The highest BCUT2D eigenvalue weighted by Crippen LogP contribution is 2.12. The van der Waals surface area contributed by atoms with E-state index in [0.29, 0.717) is 24.4 Å². The third kappa shape index (κ3) is 4.56. The molecule has 0 spiro atoms. The zero-order valence-electron chi connectivity index (χ0n) is 14.2. The molecular formula is C18H24N3O3+. The second-order valence-electron chi connectivity index (χ2n) is 6.11. The van der Waals surface area contributed by atoms with Gasteiger partial charge in [-0.3, -0.25) is 9.59 Å². The van der Waals surface area contributed by atoms with Crippen LogP contribution in [-0.4, -0.2) is 37.6 Å². The molecule has 1 amide bonds. The number of nitriles is 1. The molecule has 0 aliphatic carbocycles. The first-order valence-electron chi connectivity index (χ1n) is 8.37. The molecule has 1 aliphatic rings. The molecule has 1 heterocycles. The first kappa shape index (κ1) is 18.0. The maximum absolute atomic E-state index is 12.5. The van der Waals surface area contributed by atoms with Gasteiger partial charge in [0.1, 0.15) is 5.92 Å². The Balaban J connectivity index is 1.96. The first-order chi connectivity index (χ1) is 11.5. The van der Waals surface area contributed by atoms with Crippen molar-refractivity contribution < 1.29 is 19.2 Å². The summed E-state index contributed by atoms with van der Waals surface area (Å²) in [6.07, 6.45) is 1.72. The molecule has 24 heavy (non-hydrogen) atoms. The van der Waals surface area contributed by atoms with Crippen LogP contribution in [0.3, 0.4) is 0 Å². The van der Waals surface area contributed by atoms with Gasteiger partial charge in [-0.25, -0.2) is 0 Å². The Morgan fingerprint density at radius 2 is 2.29 bits per heavy atom. The summed E-state index contributed by atoms with van der Waals surface area (Å²) in [5.74, 6) is -0.403. The molecule has 1 unspecified atom stereocenters. The number of nitrogens with zero attached hydrogens (tertiary/aromatic N) is 1. The molecule has 2 rings (SSSR count). The highest BCUT2D eigenvalue weighted by Gasteiger charge is 2.34. The van der Waals surface area contributed by atoms with Gasteiger partial charge in [-0.05, 0) is 44.9 Å². The minimum atomic E-state index is -0.270. The van der Waals surface area contributed by atoms with E-state index >= 15 is 0 Å². The highest BCUT2D eigenvalue weighted by atomic mass is 16.5. The van der Waals surface area contributed by atoms with Crippen molar-refractivity contribution >= 4 is 17.6 Å². The van der Waals surface area contributed by atoms with Crippen LogP contribution in [0.25, 0.3) is 0 Å². The Hall–Kier alpha value is -2.39. The molecule has 1 aromatic carbocycles. The number of nitrogens with one attached hydrogen (secondary N) is 2. The van der Waals surface area contributed by atoms with Gasteiger partial charge in [-0.1, -0.05) is 6.07 Å². The minimum Gasteiger partial charge on any atom is -0.466 e. The zero-order valence-corrected chi connectivity index (χ0v) is 14.2. The van der Waals surface area contributed by atoms with Crippen molar-refractivity contribution in [2.45, 2.75) is 32.7 Å². The fourth-order valence-corrected chi connectivity index (χ4v) is 3.05. The number of piperidine rings is 1. The van der Waals surface area contributed by atoms with Crippen molar-refractivity contribution in [3.63, 3.8) is 0 Å². The average molecular weight is 330 g/mol. The van der Waals surface area contributed by atoms with Crippen molar-refractivity contribution in [3.05, 3.63) is 29.8 Å². The molecule has 0 bridgehead atoms. The fraction of sp³-hybridized carbons (Fsp3) is 0.500. The fourth-order valence-electron chi connectivity index (χ4n) is 3.05. The number of esters is 1. The smallest absolute Gasteiger partial charge is 0.314 e. The van der Waals surface area contributed by atoms with Crippen LogP contribution in [0.4, 0.5) is 5.69 Å². The van der Waals surface area contributed by atoms with Crippen LogP contribution in [-0.2, 0) is 14.3 Å². The van der Waals surface area contributed by atoms with E-state index in [4.69, 9.17) is 10.00 Å². The van der Waals surface area contributed by atoms with E-state index in [2.05, 4.69) is 11.4 Å². The van der Waals surface area contributed by atoms with Crippen LogP contribution in [0.1, 0.15) is 32.3 Å². The van der Waals surface area contributed by atoms with Gasteiger partial charge in [0.25, 0.3) is 5.91 Å². The maximum Gasteiger partial charge on any atom is 0.314 e. The standard InChI is InChI=1S/C18H23N3O3/c1-3-24-18(23)15-7-5-9-21(12-15)13(2)17(22)20-16-8-4-6-14(10-16)11-19/h4,6,8,10,13,15H,3,5,7,9,12H2,1-2H3,(H,20,22)/p+1/t13-,15+/m0/s1. The number of hydrogen-bond donors (Lipinski definition) is 2. The minimum absolute atomic E-state index is 0.107. The van der Waals surface area contributed by atoms with Crippen molar-refractivity contribution in [3.8, 4) is 6.07 Å².